The van der Waals surface area contributed by atoms with Gasteiger partial charge in [0.2, 0.25) is 5.88 Å². The summed E-state index contributed by atoms with van der Waals surface area (Å²) in [6.45, 7) is 0.121. The van der Waals surface area contributed by atoms with E-state index in [1.165, 1.54) is 19.4 Å². The van der Waals surface area contributed by atoms with E-state index < -0.39 is 18.4 Å². The van der Waals surface area contributed by atoms with Crippen LogP contribution in [0.4, 0.5) is 13.2 Å². The van der Waals surface area contributed by atoms with Crippen LogP contribution in [-0.2, 0) is 16.1 Å². The molecule has 0 radical (unpaired) electrons. The zero-order valence-corrected chi connectivity index (χ0v) is 15.7. The number of pyridine rings is 1. The van der Waals surface area contributed by atoms with Crippen LogP contribution in [0.2, 0.25) is 0 Å². The van der Waals surface area contributed by atoms with E-state index >= 15 is 0 Å². The Kier molecular flexibility index (Phi) is 10.2. The van der Waals surface area contributed by atoms with E-state index in [0.717, 1.165) is 0 Å². The Bertz CT molecular complexity index is 571. The molecule has 0 spiro atoms. The summed E-state index contributed by atoms with van der Waals surface area (Å²) in [4.78, 5) is 16.1. The molecule has 0 saturated carbocycles. The Labute approximate surface area is 162 Å². The zero-order valence-electron chi connectivity index (χ0n) is 14.1. The molecule has 26 heavy (non-hydrogen) atoms. The fraction of sp³-hybridized carbons (Fsp3) is 0.600. The first-order chi connectivity index (χ1) is 11.3. The van der Waals surface area contributed by atoms with Gasteiger partial charge in [-0.05, 0) is 37.6 Å². The molecule has 0 aliphatic carbocycles. The van der Waals surface area contributed by atoms with Crippen molar-refractivity contribution in [2.24, 2.45) is 0 Å². The minimum Gasteiger partial charge on any atom is -0.468 e. The lowest BCUT2D eigenvalue weighted by Crippen LogP contribution is -2.53. The van der Waals surface area contributed by atoms with Gasteiger partial charge < -0.3 is 20.1 Å². The first-order valence-corrected chi connectivity index (χ1v) is 7.53. The molecular formula is C15H22Cl2F3N3O3. The molecule has 0 atom stereocenters. The maximum Gasteiger partial charge on any atom is 0.422 e. The minimum atomic E-state index is -4.42. The van der Waals surface area contributed by atoms with Crippen molar-refractivity contribution in [1.82, 2.24) is 15.6 Å². The standard InChI is InChI=1S/C15H20F3N3O3.2ClH/c1-23-14(3-6-19-7-4-14)13(22)21-9-11-2-5-20-12(8-11)24-10-15(16,17)18;;/h2,5,8,19H,3-4,6-7,9-10H2,1H3,(H,21,22);2*1H. The molecule has 6 nitrogen and oxygen atoms in total. The van der Waals surface area contributed by atoms with E-state index in [9.17, 15) is 18.0 Å². The third-order valence-electron chi connectivity index (χ3n) is 3.85. The van der Waals surface area contributed by atoms with Crippen LogP contribution in [0.1, 0.15) is 18.4 Å². The molecule has 1 aromatic heterocycles. The summed E-state index contributed by atoms with van der Waals surface area (Å²) in [6, 6.07) is 2.97. The van der Waals surface area contributed by atoms with Crippen LogP contribution in [0.25, 0.3) is 0 Å². The van der Waals surface area contributed by atoms with E-state index in [1.54, 1.807) is 6.07 Å². The van der Waals surface area contributed by atoms with Crippen molar-refractivity contribution in [3.8, 4) is 5.88 Å². The highest BCUT2D eigenvalue weighted by molar-refractivity contribution is 5.86. The predicted molar refractivity (Wildman–Crippen MR) is 94.0 cm³/mol. The number of halogens is 5. The van der Waals surface area contributed by atoms with Crippen molar-refractivity contribution in [1.29, 1.82) is 0 Å². The fourth-order valence-corrected chi connectivity index (χ4v) is 2.49. The Hall–Kier alpha value is -1.29. The number of carbonyl (C=O) groups is 1. The van der Waals surface area contributed by atoms with Crippen LogP contribution in [0.5, 0.6) is 5.88 Å². The second-order valence-electron chi connectivity index (χ2n) is 5.54. The number of rotatable bonds is 6. The van der Waals surface area contributed by atoms with E-state index in [4.69, 9.17) is 4.74 Å². The maximum absolute atomic E-state index is 12.4. The van der Waals surface area contributed by atoms with Gasteiger partial charge in [0.1, 0.15) is 5.60 Å². The lowest BCUT2D eigenvalue weighted by molar-refractivity contribution is -0.154. The number of carbonyl (C=O) groups excluding carboxylic acids is 1. The lowest BCUT2D eigenvalue weighted by Gasteiger charge is -2.34. The second kappa shape index (κ2) is 10.8. The van der Waals surface area contributed by atoms with Gasteiger partial charge in [-0.1, -0.05) is 0 Å². The van der Waals surface area contributed by atoms with Crippen LogP contribution >= 0.6 is 24.8 Å². The molecule has 1 aliphatic rings. The monoisotopic (exact) mass is 419 g/mol. The third-order valence-corrected chi connectivity index (χ3v) is 3.85. The van der Waals surface area contributed by atoms with Crippen LogP contribution in [0.15, 0.2) is 18.3 Å². The second-order valence-corrected chi connectivity index (χ2v) is 5.54. The summed E-state index contributed by atoms with van der Waals surface area (Å²) in [5.41, 5.74) is -0.274. The van der Waals surface area contributed by atoms with E-state index in [-0.39, 0.29) is 43.1 Å². The van der Waals surface area contributed by atoms with Crippen molar-refractivity contribution in [2.45, 2.75) is 31.2 Å². The first-order valence-electron chi connectivity index (χ1n) is 7.53. The first kappa shape index (κ1) is 24.7. The van der Waals surface area contributed by atoms with Gasteiger partial charge in [-0.15, -0.1) is 24.8 Å². The average Bonchev–Trinajstić information content (AvgIpc) is 2.58. The van der Waals surface area contributed by atoms with Gasteiger partial charge in [0.05, 0.1) is 0 Å². The number of piperidine rings is 1. The molecule has 1 aliphatic heterocycles. The highest BCUT2D eigenvalue weighted by Crippen LogP contribution is 2.23. The lowest BCUT2D eigenvalue weighted by atomic mass is 9.91. The minimum absolute atomic E-state index is 0. The van der Waals surface area contributed by atoms with Crippen LogP contribution in [0.3, 0.4) is 0 Å². The molecule has 1 amide bonds. The Morgan fingerprint density at radius 2 is 2.00 bits per heavy atom. The SMILES string of the molecule is COC1(C(=O)NCc2ccnc(OCC(F)(F)F)c2)CCNCC1.Cl.Cl. The molecular weight excluding hydrogens is 398 g/mol. The van der Waals surface area contributed by atoms with Crippen molar-refractivity contribution >= 4 is 30.7 Å². The molecule has 0 bridgehead atoms. The van der Waals surface area contributed by atoms with Crippen molar-refractivity contribution in [3.05, 3.63) is 23.9 Å². The third kappa shape index (κ3) is 7.14. The molecule has 1 aromatic rings. The largest absolute Gasteiger partial charge is 0.468 e. The Morgan fingerprint density at radius 1 is 1.35 bits per heavy atom. The molecule has 150 valence electrons. The average molecular weight is 420 g/mol. The van der Waals surface area contributed by atoms with Crippen LogP contribution in [0, 0.1) is 0 Å². The molecule has 2 N–H and O–H groups in total. The van der Waals surface area contributed by atoms with Gasteiger partial charge in [0.15, 0.2) is 6.61 Å². The number of nitrogens with zero attached hydrogens (tertiary/aromatic N) is 1. The molecule has 2 heterocycles. The zero-order chi connectivity index (χ0) is 17.6. The van der Waals surface area contributed by atoms with E-state index in [1.807, 2.05) is 0 Å². The van der Waals surface area contributed by atoms with Gasteiger partial charge in [-0.25, -0.2) is 4.98 Å². The molecule has 1 fully saturated rings. The highest BCUT2D eigenvalue weighted by Gasteiger charge is 2.39. The number of amides is 1. The maximum atomic E-state index is 12.4. The van der Waals surface area contributed by atoms with E-state index in [2.05, 4.69) is 20.4 Å². The van der Waals surface area contributed by atoms with Crippen molar-refractivity contribution < 1.29 is 27.4 Å². The number of hydrogen-bond acceptors (Lipinski definition) is 5. The number of ether oxygens (including phenoxy) is 2. The summed E-state index contributed by atoms with van der Waals surface area (Å²) in [7, 11) is 1.50. The quantitative estimate of drug-likeness (QED) is 0.739. The van der Waals surface area contributed by atoms with Crippen LogP contribution in [-0.4, -0.2) is 49.5 Å². The normalized spacial score (nSPS) is 16.0. The van der Waals surface area contributed by atoms with Gasteiger partial charge in [-0.2, -0.15) is 13.2 Å². The Morgan fingerprint density at radius 3 is 2.58 bits per heavy atom. The summed E-state index contributed by atoms with van der Waals surface area (Å²) in [5.74, 6) is -0.372. The van der Waals surface area contributed by atoms with Gasteiger partial charge in [-0.3, -0.25) is 4.79 Å². The summed E-state index contributed by atoms with van der Waals surface area (Å²) in [6.07, 6.45) is -1.97. The molecule has 0 unspecified atom stereocenters. The smallest absolute Gasteiger partial charge is 0.422 e. The number of methoxy groups -OCH3 is 1. The van der Waals surface area contributed by atoms with Gasteiger partial charge in [0, 0.05) is 25.9 Å². The predicted octanol–water partition coefficient (Wildman–Crippen LogP) is 2.25. The highest BCUT2D eigenvalue weighted by atomic mass is 35.5. The molecule has 0 aromatic carbocycles. The van der Waals surface area contributed by atoms with Gasteiger partial charge >= 0.3 is 6.18 Å². The topological polar surface area (TPSA) is 72.5 Å². The Balaban J connectivity index is 0.00000312. The van der Waals surface area contributed by atoms with Crippen molar-refractivity contribution in [2.75, 3.05) is 26.8 Å². The number of hydrogen-bond donors (Lipinski definition) is 2. The number of nitrogens with one attached hydrogen (secondary N) is 2. The summed E-state index contributed by atoms with van der Waals surface area (Å²) in [5, 5.41) is 5.92. The van der Waals surface area contributed by atoms with Gasteiger partial charge in [0.25, 0.3) is 5.91 Å². The fourth-order valence-electron chi connectivity index (χ4n) is 2.49. The van der Waals surface area contributed by atoms with E-state index in [0.29, 0.717) is 31.5 Å². The van der Waals surface area contributed by atoms with Crippen LogP contribution < -0.4 is 15.4 Å². The molecule has 1 saturated heterocycles. The summed E-state index contributed by atoms with van der Waals surface area (Å²) < 4.78 is 46.5. The molecule has 2 rings (SSSR count). The number of alkyl halides is 3. The molecule has 11 heteroatoms. The number of aromatic nitrogens is 1. The van der Waals surface area contributed by atoms with Crippen molar-refractivity contribution in [3.63, 3.8) is 0 Å². The summed E-state index contributed by atoms with van der Waals surface area (Å²) >= 11 is 0.